The highest BCUT2D eigenvalue weighted by molar-refractivity contribution is 5.81. The normalized spacial score (nSPS) is 14.1. The first kappa shape index (κ1) is 12.7. The standard InChI is InChI=1S/C16H12N2O/c1-11-8-15(14(9-17)10-18)19-12(2)16(11)13-6-4-3-5-7-13/h3-8H,1-2H3. The highest BCUT2D eigenvalue weighted by Gasteiger charge is 2.18. The third kappa shape index (κ3) is 2.41. The van der Waals surface area contributed by atoms with Gasteiger partial charge in [0.1, 0.15) is 17.9 Å². The van der Waals surface area contributed by atoms with Crippen molar-refractivity contribution in [2.75, 3.05) is 0 Å². The molecule has 0 N–H and O–H groups in total. The van der Waals surface area contributed by atoms with Gasteiger partial charge in [0.2, 0.25) is 0 Å². The summed E-state index contributed by atoms with van der Waals surface area (Å²) in [6, 6.07) is 13.6. The van der Waals surface area contributed by atoms with E-state index in [-0.39, 0.29) is 5.57 Å². The first-order valence-electron chi connectivity index (χ1n) is 5.84. The largest absolute Gasteiger partial charge is 0.459 e. The lowest BCUT2D eigenvalue weighted by molar-refractivity contribution is 0.318. The molecule has 1 aromatic carbocycles. The Bertz CT molecular complexity index is 664. The lowest BCUT2D eigenvalue weighted by Gasteiger charge is -2.20. The summed E-state index contributed by atoms with van der Waals surface area (Å²) < 4.78 is 5.61. The number of nitriles is 2. The van der Waals surface area contributed by atoms with Crippen molar-refractivity contribution in [1.82, 2.24) is 0 Å². The lowest BCUT2D eigenvalue weighted by Crippen LogP contribution is -2.03. The molecule has 0 unspecified atom stereocenters. The second-order valence-corrected chi connectivity index (χ2v) is 4.19. The second kappa shape index (κ2) is 5.25. The smallest absolute Gasteiger partial charge is 0.172 e. The molecule has 1 aliphatic heterocycles. The molecule has 19 heavy (non-hydrogen) atoms. The zero-order valence-corrected chi connectivity index (χ0v) is 10.8. The summed E-state index contributed by atoms with van der Waals surface area (Å²) in [6.45, 7) is 3.78. The minimum Gasteiger partial charge on any atom is -0.459 e. The maximum absolute atomic E-state index is 8.88. The minimum atomic E-state index is -0.00851. The minimum absolute atomic E-state index is 0.00851. The Hall–Kier alpha value is -2.78. The molecule has 0 bridgehead atoms. The van der Waals surface area contributed by atoms with Gasteiger partial charge >= 0.3 is 0 Å². The molecule has 1 heterocycles. The second-order valence-electron chi connectivity index (χ2n) is 4.19. The van der Waals surface area contributed by atoms with Crippen LogP contribution in [0.1, 0.15) is 19.4 Å². The molecule has 3 nitrogen and oxygen atoms in total. The molecule has 0 aliphatic carbocycles. The molecule has 1 aromatic rings. The van der Waals surface area contributed by atoms with Crippen molar-refractivity contribution in [3.05, 3.63) is 64.6 Å². The molecule has 0 saturated heterocycles. The van der Waals surface area contributed by atoms with E-state index in [1.807, 2.05) is 56.3 Å². The molecule has 0 atom stereocenters. The van der Waals surface area contributed by atoms with E-state index in [1.165, 1.54) is 0 Å². The van der Waals surface area contributed by atoms with Crippen molar-refractivity contribution >= 4 is 5.57 Å². The van der Waals surface area contributed by atoms with E-state index < -0.39 is 0 Å². The van der Waals surface area contributed by atoms with Crippen molar-refractivity contribution in [3.8, 4) is 12.1 Å². The molecule has 0 fully saturated rings. The van der Waals surface area contributed by atoms with Crippen molar-refractivity contribution in [3.63, 3.8) is 0 Å². The molecule has 1 aliphatic rings. The fraction of sp³-hybridized carbons (Fsp3) is 0.125. The Kier molecular flexibility index (Phi) is 3.50. The maximum Gasteiger partial charge on any atom is 0.172 e. The van der Waals surface area contributed by atoms with Crippen LogP contribution in [0.25, 0.3) is 5.57 Å². The highest BCUT2D eigenvalue weighted by Crippen LogP contribution is 2.33. The van der Waals surface area contributed by atoms with Crippen LogP contribution < -0.4 is 0 Å². The summed E-state index contributed by atoms with van der Waals surface area (Å²) in [5, 5.41) is 17.8. The van der Waals surface area contributed by atoms with E-state index in [9.17, 15) is 0 Å². The van der Waals surface area contributed by atoms with Gasteiger partial charge in [-0.25, -0.2) is 0 Å². The Morgan fingerprint density at radius 3 is 2.21 bits per heavy atom. The van der Waals surface area contributed by atoms with Gasteiger partial charge in [-0.2, -0.15) is 10.5 Å². The zero-order valence-electron chi connectivity index (χ0n) is 10.8. The molecule has 92 valence electrons. The van der Waals surface area contributed by atoms with Crippen LogP contribution in [0.2, 0.25) is 0 Å². The van der Waals surface area contributed by atoms with E-state index in [1.54, 1.807) is 6.08 Å². The van der Waals surface area contributed by atoms with Crippen molar-refractivity contribution in [2.24, 2.45) is 0 Å². The van der Waals surface area contributed by atoms with E-state index in [0.29, 0.717) is 11.5 Å². The van der Waals surface area contributed by atoms with Gasteiger partial charge in [-0.1, -0.05) is 30.3 Å². The van der Waals surface area contributed by atoms with E-state index in [0.717, 1.165) is 16.7 Å². The van der Waals surface area contributed by atoms with Gasteiger partial charge in [0.15, 0.2) is 11.3 Å². The number of hydrogen-bond acceptors (Lipinski definition) is 3. The van der Waals surface area contributed by atoms with Crippen LogP contribution in [0.5, 0.6) is 0 Å². The van der Waals surface area contributed by atoms with Crippen LogP contribution in [0.4, 0.5) is 0 Å². The first-order chi connectivity index (χ1) is 9.17. The summed E-state index contributed by atoms with van der Waals surface area (Å²) in [5.74, 6) is 1.02. The average Bonchev–Trinajstić information content (AvgIpc) is 2.40. The number of benzene rings is 1. The molecule has 0 aromatic heterocycles. The fourth-order valence-corrected chi connectivity index (χ4v) is 2.09. The van der Waals surface area contributed by atoms with Gasteiger partial charge < -0.3 is 4.74 Å². The molecule has 0 amide bonds. The summed E-state index contributed by atoms with van der Waals surface area (Å²) in [4.78, 5) is 0. The Balaban J connectivity index is 2.51. The number of ether oxygens (including phenoxy) is 1. The van der Waals surface area contributed by atoms with Gasteiger partial charge in [0, 0.05) is 5.57 Å². The molecule has 2 rings (SSSR count). The van der Waals surface area contributed by atoms with Gasteiger partial charge in [0.25, 0.3) is 0 Å². The van der Waals surface area contributed by atoms with Gasteiger partial charge in [-0.3, -0.25) is 0 Å². The SMILES string of the molecule is CC1=CC(=C(C#N)C#N)OC(C)=C1c1ccccc1. The van der Waals surface area contributed by atoms with Crippen LogP contribution >= 0.6 is 0 Å². The quantitative estimate of drug-likeness (QED) is 0.712. The van der Waals surface area contributed by atoms with Crippen LogP contribution in [0, 0.1) is 22.7 Å². The van der Waals surface area contributed by atoms with E-state index in [2.05, 4.69) is 0 Å². The summed E-state index contributed by atoms with van der Waals surface area (Å²) >= 11 is 0. The predicted octanol–water partition coefficient (Wildman–Crippen LogP) is 3.70. The topological polar surface area (TPSA) is 56.8 Å². The number of allylic oxidation sites excluding steroid dienone is 5. The number of nitrogens with zero attached hydrogens (tertiary/aromatic N) is 2. The zero-order chi connectivity index (χ0) is 13.8. The summed E-state index contributed by atoms with van der Waals surface area (Å²) in [7, 11) is 0. The monoisotopic (exact) mass is 248 g/mol. The predicted molar refractivity (Wildman–Crippen MR) is 72.1 cm³/mol. The third-order valence-corrected chi connectivity index (χ3v) is 2.89. The number of rotatable bonds is 1. The summed E-state index contributed by atoms with van der Waals surface area (Å²) in [6.07, 6.45) is 1.73. The van der Waals surface area contributed by atoms with E-state index in [4.69, 9.17) is 15.3 Å². The van der Waals surface area contributed by atoms with Crippen LogP contribution in [0.3, 0.4) is 0 Å². The van der Waals surface area contributed by atoms with Crippen molar-refractivity contribution < 1.29 is 4.74 Å². The molecule has 0 radical (unpaired) electrons. The van der Waals surface area contributed by atoms with Crippen molar-refractivity contribution in [2.45, 2.75) is 13.8 Å². The Morgan fingerprint density at radius 2 is 1.68 bits per heavy atom. The molecular formula is C16H12N2O. The number of hydrogen-bond donors (Lipinski definition) is 0. The summed E-state index contributed by atoms with van der Waals surface area (Å²) in [5.41, 5.74) is 3.03. The van der Waals surface area contributed by atoms with Crippen LogP contribution in [-0.4, -0.2) is 0 Å². The van der Waals surface area contributed by atoms with Gasteiger partial charge in [-0.15, -0.1) is 0 Å². The molecule has 3 heteroatoms. The Morgan fingerprint density at radius 1 is 1.05 bits per heavy atom. The first-order valence-corrected chi connectivity index (χ1v) is 5.84. The van der Waals surface area contributed by atoms with E-state index >= 15 is 0 Å². The van der Waals surface area contributed by atoms with Crippen LogP contribution in [0.15, 0.2) is 59.1 Å². The van der Waals surface area contributed by atoms with Crippen molar-refractivity contribution in [1.29, 1.82) is 10.5 Å². The highest BCUT2D eigenvalue weighted by atomic mass is 16.5. The molecule has 0 saturated carbocycles. The van der Waals surface area contributed by atoms with Crippen LogP contribution in [-0.2, 0) is 4.74 Å². The average molecular weight is 248 g/mol. The maximum atomic E-state index is 8.88. The van der Waals surface area contributed by atoms with Gasteiger partial charge in [-0.05, 0) is 31.1 Å². The lowest BCUT2D eigenvalue weighted by atomic mass is 9.95. The molecule has 0 spiro atoms. The Labute approximate surface area is 112 Å². The fourth-order valence-electron chi connectivity index (χ4n) is 2.09. The molecular weight excluding hydrogens is 236 g/mol. The third-order valence-electron chi connectivity index (χ3n) is 2.89. The van der Waals surface area contributed by atoms with Gasteiger partial charge in [0.05, 0.1) is 0 Å².